The van der Waals surface area contributed by atoms with Gasteiger partial charge in [0, 0.05) is 30.8 Å². The molecule has 1 aliphatic rings. The van der Waals surface area contributed by atoms with Crippen LogP contribution in [0.3, 0.4) is 0 Å². The molecule has 0 bridgehead atoms. The summed E-state index contributed by atoms with van der Waals surface area (Å²) in [5, 5.41) is 0.749. The van der Waals surface area contributed by atoms with Gasteiger partial charge in [0.2, 0.25) is 0 Å². The molecular formula is C15H14ClN3S. The van der Waals surface area contributed by atoms with E-state index in [1.54, 1.807) is 0 Å². The fourth-order valence-corrected chi connectivity index (χ4v) is 3.89. The molecule has 4 rings (SSSR count). The maximum atomic E-state index is 6.19. The number of rotatable bonds is 1. The van der Waals surface area contributed by atoms with Crippen LogP contribution in [-0.4, -0.2) is 34.0 Å². The zero-order valence-corrected chi connectivity index (χ0v) is 12.5. The first-order valence-electron chi connectivity index (χ1n) is 6.71. The van der Waals surface area contributed by atoms with Gasteiger partial charge in [-0.25, -0.2) is 0 Å². The van der Waals surface area contributed by atoms with E-state index in [9.17, 15) is 0 Å². The first-order chi connectivity index (χ1) is 9.84. The Morgan fingerprint density at radius 3 is 2.80 bits per heavy atom. The van der Waals surface area contributed by atoms with E-state index in [0.29, 0.717) is 0 Å². The Kier molecular flexibility index (Phi) is 3.00. The second-order valence-corrected chi connectivity index (χ2v) is 6.55. The third-order valence-electron chi connectivity index (χ3n) is 3.79. The van der Waals surface area contributed by atoms with Gasteiger partial charge in [-0.15, -0.1) is 0 Å². The number of anilines is 1. The predicted octanol–water partition coefficient (Wildman–Crippen LogP) is 3.69. The molecule has 102 valence electrons. The normalized spacial score (nSPS) is 16.1. The van der Waals surface area contributed by atoms with E-state index in [2.05, 4.69) is 32.5 Å². The SMILES string of the molecule is Clc1ccn2c1cnc1c(N3CCSCC3)cccc12. The molecule has 0 saturated carbocycles. The van der Waals surface area contributed by atoms with Crippen LogP contribution in [0.1, 0.15) is 0 Å². The highest BCUT2D eigenvalue weighted by atomic mass is 35.5. The Hall–Kier alpha value is -1.39. The Morgan fingerprint density at radius 1 is 1.10 bits per heavy atom. The van der Waals surface area contributed by atoms with Gasteiger partial charge in [0.15, 0.2) is 0 Å². The zero-order chi connectivity index (χ0) is 13.5. The number of hydrogen-bond acceptors (Lipinski definition) is 3. The van der Waals surface area contributed by atoms with Gasteiger partial charge >= 0.3 is 0 Å². The van der Waals surface area contributed by atoms with Crippen LogP contribution in [0.15, 0.2) is 36.7 Å². The molecule has 3 heterocycles. The Balaban J connectivity index is 1.96. The molecule has 0 atom stereocenters. The molecule has 2 aromatic heterocycles. The fraction of sp³-hybridized carbons (Fsp3) is 0.267. The van der Waals surface area contributed by atoms with Crippen LogP contribution in [0, 0.1) is 0 Å². The highest BCUT2D eigenvalue weighted by Crippen LogP contribution is 2.29. The summed E-state index contributed by atoms with van der Waals surface area (Å²) >= 11 is 8.21. The lowest BCUT2D eigenvalue weighted by molar-refractivity contribution is 0.861. The molecule has 0 unspecified atom stereocenters. The van der Waals surface area contributed by atoms with Crippen molar-refractivity contribution in [1.82, 2.24) is 9.38 Å². The first-order valence-corrected chi connectivity index (χ1v) is 8.25. The quantitative estimate of drug-likeness (QED) is 0.684. The number of aromatic nitrogens is 2. The lowest BCUT2D eigenvalue weighted by Gasteiger charge is -2.29. The largest absolute Gasteiger partial charge is 0.368 e. The van der Waals surface area contributed by atoms with Crippen LogP contribution in [0.2, 0.25) is 5.02 Å². The van der Waals surface area contributed by atoms with E-state index in [0.717, 1.165) is 34.7 Å². The van der Waals surface area contributed by atoms with Crippen molar-refractivity contribution < 1.29 is 0 Å². The molecular weight excluding hydrogens is 290 g/mol. The zero-order valence-electron chi connectivity index (χ0n) is 10.9. The summed E-state index contributed by atoms with van der Waals surface area (Å²) in [5.74, 6) is 2.38. The summed E-state index contributed by atoms with van der Waals surface area (Å²) < 4.78 is 2.12. The number of nitrogens with zero attached hydrogens (tertiary/aromatic N) is 3. The summed E-state index contributed by atoms with van der Waals surface area (Å²) in [6, 6.07) is 8.30. The third-order valence-corrected chi connectivity index (χ3v) is 5.06. The maximum Gasteiger partial charge on any atom is 0.110 e. The summed E-state index contributed by atoms with van der Waals surface area (Å²) in [6.45, 7) is 2.19. The highest BCUT2D eigenvalue weighted by molar-refractivity contribution is 7.99. The van der Waals surface area contributed by atoms with Gasteiger partial charge in [0.05, 0.1) is 27.9 Å². The molecule has 1 aliphatic heterocycles. The molecule has 0 N–H and O–H groups in total. The standard InChI is InChI=1S/C15H14ClN3S/c16-11-4-5-19-13-3-1-2-12(15(13)17-10-14(11)19)18-6-8-20-9-7-18/h1-5,10H,6-9H2. The number of thioether (sulfide) groups is 1. The van der Waals surface area contributed by atoms with Crippen molar-refractivity contribution in [2.24, 2.45) is 0 Å². The van der Waals surface area contributed by atoms with Crippen LogP contribution in [0.5, 0.6) is 0 Å². The summed E-state index contributed by atoms with van der Waals surface area (Å²) in [7, 11) is 0. The lowest BCUT2D eigenvalue weighted by atomic mass is 10.2. The molecule has 1 saturated heterocycles. The van der Waals surface area contributed by atoms with Crippen molar-refractivity contribution in [1.29, 1.82) is 0 Å². The van der Waals surface area contributed by atoms with E-state index >= 15 is 0 Å². The topological polar surface area (TPSA) is 20.5 Å². The van der Waals surface area contributed by atoms with Gasteiger partial charge in [-0.1, -0.05) is 17.7 Å². The summed E-state index contributed by atoms with van der Waals surface area (Å²) in [5.41, 5.74) is 4.37. The molecule has 3 nitrogen and oxygen atoms in total. The highest BCUT2D eigenvalue weighted by Gasteiger charge is 2.15. The minimum atomic E-state index is 0.749. The molecule has 0 spiro atoms. The van der Waals surface area contributed by atoms with Crippen molar-refractivity contribution >= 4 is 45.6 Å². The van der Waals surface area contributed by atoms with Gasteiger partial charge in [0.1, 0.15) is 5.52 Å². The first kappa shape index (κ1) is 12.4. The van der Waals surface area contributed by atoms with Crippen LogP contribution in [0.4, 0.5) is 5.69 Å². The van der Waals surface area contributed by atoms with Gasteiger partial charge in [-0.2, -0.15) is 11.8 Å². The van der Waals surface area contributed by atoms with Crippen molar-refractivity contribution in [3.8, 4) is 0 Å². The second-order valence-electron chi connectivity index (χ2n) is 4.92. The number of halogens is 1. The Bertz CT molecular complexity index is 777. The number of hydrogen-bond donors (Lipinski definition) is 0. The minimum absolute atomic E-state index is 0.749. The molecule has 20 heavy (non-hydrogen) atoms. The van der Waals surface area contributed by atoms with E-state index in [-0.39, 0.29) is 0 Å². The molecule has 0 radical (unpaired) electrons. The molecule has 1 fully saturated rings. The van der Waals surface area contributed by atoms with Crippen LogP contribution in [0.25, 0.3) is 16.6 Å². The maximum absolute atomic E-state index is 6.19. The van der Waals surface area contributed by atoms with Gasteiger partial charge in [-0.05, 0) is 18.2 Å². The van der Waals surface area contributed by atoms with E-state index in [4.69, 9.17) is 11.6 Å². The van der Waals surface area contributed by atoms with Crippen LogP contribution >= 0.6 is 23.4 Å². The molecule has 5 heteroatoms. The number of para-hydroxylation sites is 1. The number of benzene rings is 1. The van der Waals surface area contributed by atoms with E-state index in [1.807, 2.05) is 30.2 Å². The molecule has 0 amide bonds. The Morgan fingerprint density at radius 2 is 1.95 bits per heavy atom. The fourth-order valence-electron chi connectivity index (χ4n) is 2.79. The number of fused-ring (bicyclic) bond motifs is 3. The van der Waals surface area contributed by atoms with E-state index in [1.165, 1.54) is 17.2 Å². The Labute approximate surface area is 126 Å². The monoisotopic (exact) mass is 303 g/mol. The van der Waals surface area contributed by atoms with Gasteiger partial charge in [0.25, 0.3) is 0 Å². The van der Waals surface area contributed by atoms with Crippen molar-refractivity contribution in [2.75, 3.05) is 29.5 Å². The average molecular weight is 304 g/mol. The van der Waals surface area contributed by atoms with Crippen LogP contribution < -0.4 is 4.90 Å². The van der Waals surface area contributed by atoms with Crippen LogP contribution in [-0.2, 0) is 0 Å². The summed E-state index contributed by atoms with van der Waals surface area (Å²) in [6.07, 6.45) is 3.88. The molecule has 1 aromatic carbocycles. The molecule has 3 aromatic rings. The third kappa shape index (κ3) is 1.86. The summed E-state index contributed by atoms with van der Waals surface area (Å²) in [4.78, 5) is 7.10. The van der Waals surface area contributed by atoms with Crippen molar-refractivity contribution in [3.05, 3.63) is 41.7 Å². The minimum Gasteiger partial charge on any atom is -0.368 e. The second kappa shape index (κ2) is 4.86. The van der Waals surface area contributed by atoms with Gasteiger partial charge in [-0.3, -0.25) is 4.98 Å². The van der Waals surface area contributed by atoms with Crippen molar-refractivity contribution in [3.63, 3.8) is 0 Å². The van der Waals surface area contributed by atoms with E-state index < -0.39 is 0 Å². The molecule has 0 aliphatic carbocycles. The average Bonchev–Trinajstić information content (AvgIpc) is 2.89. The lowest BCUT2D eigenvalue weighted by Crippen LogP contribution is -2.32. The van der Waals surface area contributed by atoms with Crippen molar-refractivity contribution in [2.45, 2.75) is 0 Å². The van der Waals surface area contributed by atoms with Gasteiger partial charge < -0.3 is 9.30 Å². The smallest absolute Gasteiger partial charge is 0.110 e. The predicted molar refractivity (Wildman–Crippen MR) is 87.2 cm³/mol.